The van der Waals surface area contributed by atoms with E-state index in [2.05, 4.69) is 16.9 Å². The first-order valence-corrected chi connectivity index (χ1v) is 12.1. The van der Waals surface area contributed by atoms with Crippen molar-refractivity contribution in [2.24, 2.45) is 5.92 Å². The number of benzene rings is 1. The Morgan fingerprint density at radius 3 is 2.59 bits per heavy atom. The van der Waals surface area contributed by atoms with E-state index in [9.17, 15) is 14.4 Å². The van der Waals surface area contributed by atoms with E-state index in [4.69, 9.17) is 18.9 Å². The summed E-state index contributed by atoms with van der Waals surface area (Å²) in [7, 11) is 2.87. The number of hydrogen-bond donors (Lipinski definition) is 1. The van der Waals surface area contributed by atoms with Crippen molar-refractivity contribution in [3.8, 4) is 11.6 Å². The van der Waals surface area contributed by atoms with Crippen LogP contribution in [-0.4, -0.2) is 71.9 Å². The van der Waals surface area contributed by atoms with Crippen LogP contribution >= 0.6 is 0 Å². The fraction of sp³-hybridized carbons (Fsp3) is 0.481. The minimum absolute atomic E-state index is 0.108. The Morgan fingerprint density at radius 1 is 1.22 bits per heavy atom. The van der Waals surface area contributed by atoms with Gasteiger partial charge in [0.2, 0.25) is 11.8 Å². The first kappa shape index (κ1) is 26.2. The Bertz CT molecular complexity index is 1220. The SMILES string of the molecule is C=C[C@@H]1C[C@]1(NC(=O)[C@@H]1C[C@@H](Oc2nccc3cc(OC)ccc23)CN1C(=O)OC(C)(C)C)C(=O)OC. The quantitative estimate of drug-likeness (QED) is 0.445. The number of nitrogens with zero attached hydrogens (tertiary/aromatic N) is 2. The molecule has 10 heteroatoms. The zero-order valence-electron chi connectivity index (χ0n) is 21.8. The Hall–Kier alpha value is -3.82. The number of amides is 2. The molecule has 37 heavy (non-hydrogen) atoms. The third kappa shape index (κ3) is 5.33. The molecule has 2 aliphatic rings. The standard InChI is InChI=1S/C27H33N3O7/c1-7-17-14-27(17,24(32)35-6)29-22(31)21-13-19(15-30(21)25(33)37-26(2,3)4)36-23-20-9-8-18(34-5)12-16(20)10-11-28-23/h7-12,17,19,21H,1,13-15H2,2-6H3,(H,29,31)/t17-,19-,21+,27-/m1/s1. The molecule has 1 aliphatic carbocycles. The molecular formula is C27H33N3O7. The largest absolute Gasteiger partial charge is 0.497 e. The van der Waals surface area contributed by atoms with E-state index in [1.165, 1.54) is 12.0 Å². The van der Waals surface area contributed by atoms with Crippen molar-refractivity contribution in [2.45, 2.75) is 56.9 Å². The molecule has 0 bridgehead atoms. The summed E-state index contributed by atoms with van der Waals surface area (Å²) in [6.07, 6.45) is 2.64. The zero-order chi connectivity index (χ0) is 27.0. The van der Waals surface area contributed by atoms with Gasteiger partial charge in [-0.05, 0) is 56.8 Å². The number of ether oxygens (including phenoxy) is 4. The molecule has 4 rings (SSSR count). The van der Waals surface area contributed by atoms with Crippen LogP contribution in [0.5, 0.6) is 11.6 Å². The highest BCUT2D eigenvalue weighted by molar-refractivity contribution is 5.95. The van der Waals surface area contributed by atoms with Crippen molar-refractivity contribution in [1.82, 2.24) is 15.2 Å². The maximum atomic E-state index is 13.5. The van der Waals surface area contributed by atoms with Gasteiger partial charge < -0.3 is 24.3 Å². The topological polar surface area (TPSA) is 116 Å². The molecule has 1 aromatic heterocycles. The first-order valence-electron chi connectivity index (χ1n) is 12.1. The number of carbonyl (C=O) groups excluding carboxylic acids is 3. The Kier molecular flexibility index (Phi) is 7.03. The molecule has 2 amide bonds. The molecule has 1 aromatic carbocycles. The van der Waals surface area contributed by atoms with Gasteiger partial charge in [-0.25, -0.2) is 14.6 Å². The number of pyridine rings is 1. The number of nitrogens with one attached hydrogen (secondary N) is 1. The van der Waals surface area contributed by atoms with Crippen LogP contribution in [0, 0.1) is 5.92 Å². The Balaban J connectivity index is 1.58. The summed E-state index contributed by atoms with van der Waals surface area (Å²) in [6.45, 7) is 9.11. The number of aromatic nitrogens is 1. The molecule has 1 aliphatic heterocycles. The summed E-state index contributed by atoms with van der Waals surface area (Å²) < 4.78 is 22.0. The van der Waals surface area contributed by atoms with Crippen molar-refractivity contribution in [3.05, 3.63) is 43.1 Å². The van der Waals surface area contributed by atoms with Crippen LogP contribution in [0.15, 0.2) is 43.1 Å². The lowest BCUT2D eigenvalue weighted by atomic mass is 10.1. The summed E-state index contributed by atoms with van der Waals surface area (Å²) in [5.74, 6) is -0.187. The predicted molar refractivity (Wildman–Crippen MR) is 135 cm³/mol. The highest BCUT2D eigenvalue weighted by atomic mass is 16.6. The fourth-order valence-corrected chi connectivity index (χ4v) is 4.65. The molecule has 4 atom stereocenters. The van der Waals surface area contributed by atoms with E-state index in [1.54, 1.807) is 40.2 Å². The summed E-state index contributed by atoms with van der Waals surface area (Å²) in [5, 5.41) is 4.47. The van der Waals surface area contributed by atoms with E-state index < -0.39 is 41.3 Å². The fourth-order valence-electron chi connectivity index (χ4n) is 4.65. The minimum Gasteiger partial charge on any atom is -0.497 e. The molecule has 2 fully saturated rings. The Labute approximate surface area is 215 Å². The van der Waals surface area contributed by atoms with Crippen molar-refractivity contribution in [3.63, 3.8) is 0 Å². The van der Waals surface area contributed by atoms with Crippen molar-refractivity contribution >= 4 is 28.7 Å². The predicted octanol–water partition coefficient (Wildman–Crippen LogP) is 3.23. The summed E-state index contributed by atoms with van der Waals surface area (Å²) in [6, 6.07) is 6.47. The van der Waals surface area contributed by atoms with Gasteiger partial charge in [-0.15, -0.1) is 6.58 Å². The molecule has 1 saturated carbocycles. The van der Waals surface area contributed by atoms with E-state index in [1.807, 2.05) is 24.3 Å². The van der Waals surface area contributed by atoms with E-state index >= 15 is 0 Å². The zero-order valence-corrected chi connectivity index (χ0v) is 21.8. The number of hydrogen-bond acceptors (Lipinski definition) is 8. The molecule has 10 nitrogen and oxygen atoms in total. The van der Waals surface area contributed by atoms with Crippen LogP contribution in [-0.2, 0) is 19.1 Å². The molecule has 198 valence electrons. The lowest BCUT2D eigenvalue weighted by Crippen LogP contribution is -2.53. The second-order valence-corrected chi connectivity index (χ2v) is 10.3. The molecule has 2 aromatic rings. The van der Waals surface area contributed by atoms with Gasteiger partial charge in [0.25, 0.3) is 0 Å². The molecule has 0 spiro atoms. The molecule has 0 unspecified atom stereocenters. The normalized spacial score (nSPS) is 24.8. The van der Waals surface area contributed by atoms with Gasteiger partial charge in [-0.3, -0.25) is 9.69 Å². The number of methoxy groups -OCH3 is 2. The van der Waals surface area contributed by atoms with Crippen molar-refractivity contribution in [1.29, 1.82) is 0 Å². The van der Waals surface area contributed by atoms with Crippen LogP contribution in [0.3, 0.4) is 0 Å². The molecule has 0 radical (unpaired) electrons. The van der Waals surface area contributed by atoms with Gasteiger partial charge >= 0.3 is 12.1 Å². The van der Waals surface area contributed by atoms with Gasteiger partial charge in [0.05, 0.1) is 20.8 Å². The van der Waals surface area contributed by atoms with Crippen molar-refractivity contribution in [2.75, 3.05) is 20.8 Å². The molecular weight excluding hydrogens is 478 g/mol. The number of likely N-dealkylation sites (tertiary alicyclic amines) is 1. The average molecular weight is 512 g/mol. The van der Waals surface area contributed by atoms with Crippen LogP contribution in [0.25, 0.3) is 10.8 Å². The van der Waals surface area contributed by atoms with Gasteiger partial charge in [0, 0.05) is 23.9 Å². The summed E-state index contributed by atoms with van der Waals surface area (Å²) in [5.41, 5.74) is -1.94. The van der Waals surface area contributed by atoms with Crippen LogP contribution < -0.4 is 14.8 Å². The smallest absolute Gasteiger partial charge is 0.411 e. The minimum atomic E-state index is -1.18. The first-order chi connectivity index (χ1) is 17.5. The second kappa shape index (κ2) is 9.91. The molecule has 1 saturated heterocycles. The van der Waals surface area contributed by atoms with Gasteiger partial charge in [-0.1, -0.05) is 6.08 Å². The lowest BCUT2D eigenvalue weighted by Gasteiger charge is -2.28. The summed E-state index contributed by atoms with van der Waals surface area (Å²) in [4.78, 5) is 44.7. The van der Waals surface area contributed by atoms with Gasteiger partial charge in [0.1, 0.15) is 29.0 Å². The third-order valence-corrected chi connectivity index (χ3v) is 6.60. The van der Waals surface area contributed by atoms with Gasteiger partial charge in [0.15, 0.2) is 0 Å². The third-order valence-electron chi connectivity index (χ3n) is 6.60. The highest BCUT2D eigenvalue weighted by Crippen LogP contribution is 2.45. The molecule has 1 N–H and O–H groups in total. The number of rotatable bonds is 7. The maximum absolute atomic E-state index is 13.5. The second-order valence-electron chi connectivity index (χ2n) is 10.3. The maximum Gasteiger partial charge on any atom is 0.411 e. The number of fused-ring (bicyclic) bond motifs is 1. The monoisotopic (exact) mass is 511 g/mol. The Morgan fingerprint density at radius 2 is 1.97 bits per heavy atom. The lowest BCUT2D eigenvalue weighted by molar-refractivity contribution is -0.147. The summed E-state index contributed by atoms with van der Waals surface area (Å²) >= 11 is 0. The van der Waals surface area contributed by atoms with Gasteiger partial charge in [-0.2, -0.15) is 0 Å². The highest BCUT2D eigenvalue weighted by Gasteiger charge is 2.62. The number of esters is 1. The molecule has 2 heterocycles. The van der Waals surface area contributed by atoms with Crippen LogP contribution in [0.1, 0.15) is 33.6 Å². The number of carbonyl (C=O) groups is 3. The average Bonchev–Trinajstić information content (AvgIpc) is 3.40. The van der Waals surface area contributed by atoms with E-state index in [0.717, 1.165) is 10.8 Å². The van der Waals surface area contributed by atoms with Crippen LogP contribution in [0.4, 0.5) is 4.79 Å². The van der Waals surface area contributed by atoms with Crippen LogP contribution in [0.2, 0.25) is 0 Å². The van der Waals surface area contributed by atoms with Crippen molar-refractivity contribution < 1.29 is 33.3 Å². The van der Waals surface area contributed by atoms with E-state index in [0.29, 0.717) is 18.1 Å². The van der Waals surface area contributed by atoms with E-state index in [-0.39, 0.29) is 18.9 Å².